The first-order chi connectivity index (χ1) is 8.31. The molecule has 2 heterocycles. The van der Waals surface area contributed by atoms with Crippen LogP contribution < -0.4 is 5.32 Å². The summed E-state index contributed by atoms with van der Waals surface area (Å²) < 4.78 is 0. The second-order valence-corrected chi connectivity index (χ2v) is 5.86. The molecule has 0 spiro atoms. The van der Waals surface area contributed by atoms with Crippen LogP contribution in [-0.2, 0) is 13.1 Å². The minimum absolute atomic E-state index is 0.891. The topological polar surface area (TPSA) is 28.2 Å². The first kappa shape index (κ1) is 13.0. The quantitative estimate of drug-likeness (QED) is 0.874. The van der Waals surface area contributed by atoms with Crippen molar-refractivity contribution in [3.63, 3.8) is 0 Å². The highest BCUT2D eigenvalue weighted by Gasteiger charge is 2.19. The van der Waals surface area contributed by atoms with Crippen LogP contribution in [-0.4, -0.2) is 30.0 Å². The molecule has 1 N–H and O–H groups in total. The zero-order valence-corrected chi connectivity index (χ0v) is 11.7. The van der Waals surface area contributed by atoms with Crippen LogP contribution in [0.15, 0.2) is 5.38 Å². The minimum atomic E-state index is 0.891. The molecule has 3 nitrogen and oxygen atoms in total. The van der Waals surface area contributed by atoms with Gasteiger partial charge >= 0.3 is 0 Å². The zero-order valence-electron chi connectivity index (χ0n) is 10.9. The minimum Gasteiger partial charge on any atom is -0.314 e. The first-order valence-corrected chi connectivity index (χ1v) is 7.50. The van der Waals surface area contributed by atoms with E-state index in [4.69, 9.17) is 0 Å². The molecule has 2 rings (SSSR count). The maximum Gasteiger partial charge on any atom is 0.107 e. The van der Waals surface area contributed by atoms with Crippen LogP contribution in [0.5, 0.6) is 0 Å². The van der Waals surface area contributed by atoms with E-state index >= 15 is 0 Å². The van der Waals surface area contributed by atoms with Crippen LogP contribution in [0.2, 0.25) is 0 Å². The van der Waals surface area contributed by atoms with E-state index in [2.05, 4.69) is 27.5 Å². The Bertz CT molecular complexity index is 337. The van der Waals surface area contributed by atoms with Gasteiger partial charge in [-0.25, -0.2) is 4.98 Å². The van der Waals surface area contributed by atoms with Crippen molar-refractivity contribution in [1.29, 1.82) is 0 Å². The van der Waals surface area contributed by atoms with Crippen molar-refractivity contribution in [3.8, 4) is 0 Å². The number of hydrogen-bond acceptors (Lipinski definition) is 4. The lowest BCUT2D eigenvalue weighted by Crippen LogP contribution is -2.34. The van der Waals surface area contributed by atoms with Gasteiger partial charge in [-0.15, -0.1) is 11.3 Å². The van der Waals surface area contributed by atoms with E-state index in [9.17, 15) is 0 Å². The fraction of sp³-hybridized carbons (Fsp3) is 0.769. The van der Waals surface area contributed by atoms with Crippen molar-refractivity contribution in [2.75, 3.05) is 20.1 Å². The molecule has 96 valence electrons. The third kappa shape index (κ3) is 3.76. The molecule has 0 aliphatic carbocycles. The van der Waals surface area contributed by atoms with Gasteiger partial charge in [-0.1, -0.05) is 13.3 Å². The van der Waals surface area contributed by atoms with Gasteiger partial charge in [-0.3, -0.25) is 4.90 Å². The van der Waals surface area contributed by atoms with Crippen molar-refractivity contribution in [1.82, 2.24) is 15.2 Å². The van der Waals surface area contributed by atoms with Gasteiger partial charge in [-0.2, -0.15) is 0 Å². The Kier molecular flexibility index (Phi) is 4.95. The number of piperidine rings is 1. The molecule has 1 aromatic rings. The summed E-state index contributed by atoms with van der Waals surface area (Å²) >= 11 is 1.77. The predicted octanol–water partition coefficient (Wildman–Crippen LogP) is 2.48. The monoisotopic (exact) mass is 253 g/mol. The lowest BCUT2D eigenvalue weighted by Gasteiger charge is -2.31. The number of nitrogens with one attached hydrogen (secondary N) is 1. The lowest BCUT2D eigenvalue weighted by atomic mass is 9.96. The van der Waals surface area contributed by atoms with E-state index < -0.39 is 0 Å². The number of rotatable bonds is 5. The van der Waals surface area contributed by atoms with Gasteiger partial charge in [0.25, 0.3) is 0 Å². The van der Waals surface area contributed by atoms with E-state index in [1.54, 1.807) is 11.3 Å². The molecule has 1 aliphatic rings. The van der Waals surface area contributed by atoms with Gasteiger partial charge in [0.1, 0.15) is 5.01 Å². The van der Waals surface area contributed by atoms with Crippen LogP contribution in [0.3, 0.4) is 0 Å². The highest BCUT2D eigenvalue weighted by atomic mass is 32.1. The molecule has 17 heavy (non-hydrogen) atoms. The summed E-state index contributed by atoms with van der Waals surface area (Å²) in [4.78, 5) is 7.22. The Labute approximate surface area is 108 Å². The van der Waals surface area contributed by atoms with Crippen molar-refractivity contribution < 1.29 is 0 Å². The smallest absolute Gasteiger partial charge is 0.107 e. The van der Waals surface area contributed by atoms with E-state index in [0.717, 1.165) is 19.0 Å². The second kappa shape index (κ2) is 6.47. The molecule has 0 amide bonds. The molecule has 0 saturated carbocycles. The summed E-state index contributed by atoms with van der Waals surface area (Å²) in [5, 5.41) is 6.56. The molecule has 1 saturated heterocycles. The maximum absolute atomic E-state index is 4.66. The van der Waals surface area contributed by atoms with Gasteiger partial charge in [0, 0.05) is 25.0 Å². The van der Waals surface area contributed by atoms with Crippen LogP contribution >= 0.6 is 11.3 Å². The Morgan fingerprint density at radius 3 is 3.24 bits per heavy atom. The molecule has 0 radical (unpaired) electrons. The van der Waals surface area contributed by atoms with Crippen LogP contribution in [0.1, 0.15) is 36.9 Å². The standard InChI is InChI=1S/C13H23N3S/c1-3-11-5-4-6-16(8-11)9-12-10-17-13(15-12)7-14-2/h10-11,14H,3-9H2,1-2H3. The number of aromatic nitrogens is 1. The summed E-state index contributed by atoms with van der Waals surface area (Å²) in [6.45, 7) is 6.74. The SMILES string of the molecule is CCC1CCCN(Cc2csc(CNC)n2)C1. The predicted molar refractivity (Wildman–Crippen MR) is 73.2 cm³/mol. The summed E-state index contributed by atoms with van der Waals surface area (Å²) in [5.74, 6) is 0.902. The van der Waals surface area contributed by atoms with E-state index in [1.807, 2.05) is 7.05 Å². The third-order valence-corrected chi connectivity index (χ3v) is 4.39. The average Bonchev–Trinajstić information content (AvgIpc) is 2.77. The fourth-order valence-corrected chi connectivity index (χ4v) is 3.31. The molecule has 1 fully saturated rings. The van der Waals surface area contributed by atoms with Crippen molar-refractivity contribution in [2.45, 2.75) is 39.3 Å². The number of thiazole rings is 1. The van der Waals surface area contributed by atoms with Crippen molar-refractivity contribution in [3.05, 3.63) is 16.1 Å². The first-order valence-electron chi connectivity index (χ1n) is 6.62. The summed E-state index contributed by atoms with van der Waals surface area (Å²) in [6, 6.07) is 0. The van der Waals surface area contributed by atoms with Gasteiger partial charge in [0.15, 0.2) is 0 Å². The van der Waals surface area contributed by atoms with Gasteiger partial charge in [0.05, 0.1) is 5.69 Å². The average molecular weight is 253 g/mol. The van der Waals surface area contributed by atoms with Crippen LogP contribution in [0.4, 0.5) is 0 Å². The Morgan fingerprint density at radius 2 is 2.47 bits per heavy atom. The van der Waals surface area contributed by atoms with Crippen molar-refractivity contribution >= 4 is 11.3 Å². The molecular formula is C13H23N3S. The third-order valence-electron chi connectivity index (χ3n) is 3.49. The van der Waals surface area contributed by atoms with Crippen molar-refractivity contribution in [2.24, 2.45) is 5.92 Å². The van der Waals surface area contributed by atoms with E-state index in [0.29, 0.717) is 0 Å². The van der Waals surface area contributed by atoms with E-state index in [-0.39, 0.29) is 0 Å². The molecule has 4 heteroatoms. The molecule has 0 bridgehead atoms. The number of likely N-dealkylation sites (tertiary alicyclic amines) is 1. The fourth-order valence-electron chi connectivity index (χ4n) is 2.51. The maximum atomic E-state index is 4.66. The van der Waals surface area contributed by atoms with Gasteiger partial charge < -0.3 is 5.32 Å². The molecule has 1 atom stereocenters. The number of hydrogen-bond donors (Lipinski definition) is 1. The Balaban J connectivity index is 1.86. The normalized spacial score (nSPS) is 21.9. The second-order valence-electron chi connectivity index (χ2n) is 4.91. The number of nitrogens with zero attached hydrogens (tertiary/aromatic N) is 2. The summed E-state index contributed by atoms with van der Waals surface area (Å²) in [6.07, 6.45) is 4.08. The Hall–Kier alpha value is -0.450. The molecular weight excluding hydrogens is 230 g/mol. The molecule has 0 aromatic carbocycles. The highest BCUT2D eigenvalue weighted by Crippen LogP contribution is 2.21. The van der Waals surface area contributed by atoms with Gasteiger partial charge in [-0.05, 0) is 32.4 Å². The molecule has 1 unspecified atom stereocenters. The van der Waals surface area contributed by atoms with Crippen LogP contribution in [0.25, 0.3) is 0 Å². The summed E-state index contributed by atoms with van der Waals surface area (Å²) in [7, 11) is 1.97. The zero-order chi connectivity index (χ0) is 12.1. The largest absolute Gasteiger partial charge is 0.314 e. The lowest BCUT2D eigenvalue weighted by molar-refractivity contribution is 0.163. The summed E-state index contributed by atoms with van der Waals surface area (Å²) in [5.41, 5.74) is 1.25. The van der Waals surface area contributed by atoms with Crippen LogP contribution in [0, 0.1) is 5.92 Å². The molecule has 1 aliphatic heterocycles. The molecule has 1 aromatic heterocycles. The Morgan fingerprint density at radius 1 is 1.59 bits per heavy atom. The van der Waals surface area contributed by atoms with Gasteiger partial charge in [0.2, 0.25) is 0 Å². The van der Waals surface area contributed by atoms with E-state index in [1.165, 1.54) is 43.1 Å². The highest BCUT2D eigenvalue weighted by molar-refractivity contribution is 7.09.